The van der Waals surface area contributed by atoms with Crippen molar-refractivity contribution in [3.63, 3.8) is 0 Å². The molecule has 4 heteroatoms. The summed E-state index contributed by atoms with van der Waals surface area (Å²) in [4.78, 5) is 20.2. The number of carbonyl (C=O) groups excluding carboxylic acids is 1. The van der Waals surface area contributed by atoms with E-state index in [1.807, 2.05) is 36.4 Å². The molecule has 18 heavy (non-hydrogen) atoms. The summed E-state index contributed by atoms with van der Waals surface area (Å²) in [7, 11) is 0. The predicted molar refractivity (Wildman–Crippen MR) is 69.9 cm³/mol. The zero-order valence-electron chi connectivity index (χ0n) is 10.2. The van der Waals surface area contributed by atoms with Gasteiger partial charge in [-0.3, -0.25) is 0 Å². The zero-order valence-corrected chi connectivity index (χ0v) is 10.2. The van der Waals surface area contributed by atoms with E-state index in [2.05, 4.69) is 11.3 Å². The second-order valence-electron chi connectivity index (χ2n) is 3.04. The first-order chi connectivity index (χ1) is 8.60. The molecule has 0 unspecified atom stereocenters. The van der Waals surface area contributed by atoms with E-state index in [9.17, 15) is 9.59 Å². The molecule has 0 radical (unpaired) electrons. The summed E-state index contributed by atoms with van der Waals surface area (Å²) in [6, 6.07) is 10.0. The van der Waals surface area contributed by atoms with E-state index < -0.39 is 11.9 Å². The molecular weight excluding hydrogens is 232 g/mol. The average molecular weight is 248 g/mol. The summed E-state index contributed by atoms with van der Waals surface area (Å²) >= 11 is 0. The van der Waals surface area contributed by atoms with Gasteiger partial charge in [0.2, 0.25) is 0 Å². The Morgan fingerprint density at radius 1 is 1.28 bits per heavy atom. The first kappa shape index (κ1) is 15.6. The first-order valence-corrected chi connectivity index (χ1v) is 5.35. The van der Waals surface area contributed by atoms with Gasteiger partial charge >= 0.3 is 11.9 Å². The van der Waals surface area contributed by atoms with Gasteiger partial charge in [-0.1, -0.05) is 43.0 Å². The molecule has 0 amide bonds. The van der Waals surface area contributed by atoms with E-state index in [-0.39, 0.29) is 6.61 Å². The van der Waals surface area contributed by atoms with Crippen LogP contribution in [0, 0.1) is 0 Å². The van der Waals surface area contributed by atoms with Crippen molar-refractivity contribution in [3.05, 3.63) is 54.6 Å². The highest BCUT2D eigenvalue weighted by atomic mass is 16.5. The summed E-state index contributed by atoms with van der Waals surface area (Å²) < 4.78 is 4.40. The number of hydrogen-bond donors (Lipinski definition) is 1. The van der Waals surface area contributed by atoms with Gasteiger partial charge in [0, 0.05) is 12.2 Å². The summed E-state index contributed by atoms with van der Waals surface area (Å²) in [6.07, 6.45) is 3.43. The second kappa shape index (κ2) is 9.84. The van der Waals surface area contributed by atoms with Crippen LogP contribution in [0.1, 0.15) is 12.5 Å². The van der Waals surface area contributed by atoms with Crippen molar-refractivity contribution in [2.24, 2.45) is 0 Å². The largest absolute Gasteiger partial charge is 0.478 e. The highest BCUT2D eigenvalue weighted by Crippen LogP contribution is 1.97. The van der Waals surface area contributed by atoms with E-state index in [1.54, 1.807) is 6.92 Å². The quantitative estimate of drug-likeness (QED) is 0.657. The van der Waals surface area contributed by atoms with Crippen molar-refractivity contribution in [2.45, 2.75) is 6.92 Å². The van der Waals surface area contributed by atoms with Gasteiger partial charge in [-0.15, -0.1) is 0 Å². The Hall–Kier alpha value is -2.36. The number of carboxylic acid groups (broad SMARTS) is 1. The minimum Gasteiger partial charge on any atom is -0.478 e. The maximum Gasteiger partial charge on any atom is 0.330 e. The molecule has 0 saturated carbocycles. The fourth-order valence-corrected chi connectivity index (χ4v) is 0.919. The molecule has 0 spiro atoms. The number of aliphatic carboxylic acids is 1. The van der Waals surface area contributed by atoms with Crippen LogP contribution in [-0.4, -0.2) is 23.7 Å². The minimum atomic E-state index is -1.16. The Kier molecular flexibility index (Phi) is 8.55. The Balaban J connectivity index is 0.000000327. The van der Waals surface area contributed by atoms with Crippen molar-refractivity contribution in [3.8, 4) is 0 Å². The second-order valence-corrected chi connectivity index (χ2v) is 3.04. The Morgan fingerprint density at radius 3 is 2.28 bits per heavy atom. The van der Waals surface area contributed by atoms with Crippen molar-refractivity contribution in [2.75, 3.05) is 6.61 Å². The van der Waals surface area contributed by atoms with Gasteiger partial charge in [0.1, 0.15) is 0 Å². The molecule has 4 nitrogen and oxygen atoms in total. The maximum absolute atomic E-state index is 10.4. The maximum atomic E-state index is 10.4. The molecule has 0 aliphatic carbocycles. The zero-order chi connectivity index (χ0) is 13.8. The van der Waals surface area contributed by atoms with Gasteiger partial charge in [0.05, 0.1) is 6.61 Å². The van der Waals surface area contributed by atoms with Crippen molar-refractivity contribution >= 4 is 18.0 Å². The molecule has 1 aromatic carbocycles. The van der Waals surface area contributed by atoms with Crippen molar-refractivity contribution in [1.29, 1.82) is 0 Å². The first-order valence-electron chi connectivity index (χ1n) is 5.35. The fourth-order valence-electron chi connectivity index (χ4n) is 0.919. The third-order valence-corrected chi connectivity index (χ3v) is 1.68. The number of esters is 1. The summed E-state index contributed by atoms with van der Waals surface area (Å²) in [6.45, 7) is 5.53. The normalized spacial score (nSPS) is 9.17. The van der Waals surface area contributed by atoms with Gasteiger partial charge in [-0.05, 0) is 12.5 Å². The fraction of sp³-hybridized carbons (Fsp3) is 0.143. The lowest BCUT2D eigenvalue weighted by molar-refractivity contribution is -0.138. The Labute approximate surface area is 106 Å². The van der Waals surface area contributed by atoms with Crippen LogP contribution < -0.4 is 0 Å². The number of hydrogen-bond acceptors (Lipinski definition) is 3. The summed E-state index contributed by atoms with van der Waals surface area (Å²) in [5, 5.41) is 8.04. The van der Waals surface area contributed by atoms with E-state index >= 15 is 0 Å². The molecule has 0 fully saturated rings. The molecule has 0 atom stereocenters. The third kappa shape index (κ3) is 8.91. The van der Waals surface area contributed by atoms with Crippen LogP contribution in [0.5, 0.6) is 0 Å². The highest BCUT2D eigenvalue weighted by molar-refractivity contribution is 5.90. The average Bonchev–Trinajstić information content (AvgIpc) is 2.38. The minimum absolute atomic E-state index is 0.253. The third-order valence-electron chi connectivity index (χ3n) is 1.68. The van der Waals surface area contributed by atoms with E-state index in [4.69, 9.17) is 5.11 Å². The van der Waals surface area contributed by atoms with Crippen LogP contribution in [0.3, 0.4) is 0 Å². The predicted octanol–water partition coefficient (Wildman–Crippen LogP) is 2.52. The van der Waals surface area contributed by atoms with E-state index in [1.165, 1.54) is 5.56 Å². The SMILES string of the molecule is C=Cc1ccccc1.CCOC(=O)C=CC(=O)O. The van der Waals surface area contributed by atoms with Crippen LogP contribution in [-0.2, 0) is 14.3 Å². The molecule has 0 aliphatic rings. The molecular formula is C14H16O4. The molecule has 0 heterocycles. The van der Waals surface area contributed by atoms with Gasteiger partial charge in [0.25, 0.3) is 0 Å². The van der Waals surface area contributed by atoms with Crippen LogP contribution >= 0.6 is 0 Å². The highest BCUT2D eigenvalue weighted by Gasteiger charge is 1.94. The van der Waals surface area contributed by atoms with E-state index in [0.29, 0.717) is 0 Å². The molecule has 1 N–H and O–H groups in total. The van der Waals surface area contributed by atoms with Gasteiger partial charge in [0.15, 0.2) is 0 Å². The Bertz CT molecular complexity index is 407. The monoisotopic (exact) mass is 248 g/mol. The molecule has 0 bridgehead atoms. The number of carboxylic acids is 1. The molecule has 0 saturated heterocycles. The van der Waals surface area contributed by atoms with Crippen LogP contribution in [0.15, 0.2) is 49.1 Å². The molecule has 96 valence electrons. The molecule has 0 aliphatic heterocycles. The molecule has 0 aromatic heterocycles. The van der Waals surface area contributed by atoms with Gasteiger partial charge in [-0.25, -0.2) is 9.59 Å². The standard InChI is InChI=1S/C8H8.C6H8O4/c1-2-8-6-4-3-5-7-8;1-2-10-6(9)4-3-5(7)8/h2-7H,1H2;3-4H,2H2,1H3,(H,7,8). The lowest BCUT2D eigenvalue weighted by Gasteiger charge is -1.92. The van der Waals surface area contributed by atoms with Crippen LogP contribution in [0.4, 0.5) is 0 Å². The smallest absolute Gasteiger partial charge is 0.330 e. The number of rotatable bonds is 4. The van der Waals surface area contributed by atoms with Crippen LogP contribution in [0.25, 0.3) is 6.08 Å². The molecule has 1 rings (SSSR count). The lowest BCUT2D eigenvalue weighted by Crippen LogP contribution is -2.00. The number of ether oxygens (including phenoxy) is 1. The van der Waals surface area contributed by atoms with Gasteiger partial charge < -0.3 is 9.84 Å². The van der Waals surface area contributed by atoms with Crippen LogP contribution in [0.2, 0.25) is 0 Å². The number of carbonyl (C=O) groups is 2. The number of benzene rings is 1. The summed E-state index contributed by atoms with van der Waals surface area (Å²) in [5.41, 5.74) is 1.17. The van der Waals surface area contributed by atoms with Crippen molar-refractivity contribution < 1.29 is 19.4 Å². The van der Waals surface area contributed by atoms with Crippen molar-refractivity contribution in [1.82, 2.24) is 0 Å². The van der Waals surface area contributed by atoms with E-state index in [0.717, 1.165) is 12.2 Å². The topological polar surface area (TPSA) is 63.6 Å². The molecule has 1 aromatic rings. The lowest BCUT2D eigenvalue weighted by atomic mass is 10.2. The summed E-state index contributed by atoms with van der Waals surface area (Å²) in [5.74, 6) is -1.79. The van der Waals surface area contributed by atoms with Gasteiger partial charge in [-0.2, -0.15) is 0 Å². The Morgan fingerprint density at radius 2 is 1.89 bits per heavy atom.